The number of ether oxygens (including phenoxy) is 2. The number of esters is 1. The molecule has 0 unspecified atom stereocenters. The normalized spacial score (nSPS) is 20.0. The number of carbonyl (C=O) groups excluding carboxylic acids is 2. The highest BCUT2D eigenvalue weighted by Crippen LogP contribution is 2.56. The van der Waals surface area contributed by atoms with Crippen LogP contribution in [0.1, 0.15) is 18.2 Å². The summed E-state index contributed by atoms with van der Waals surface area (Å²) in [6.45, 7) is 1.96. The number of amides is 1. The molecule has 0 fully saturated rings. The Balaban J connectivity index is 1.95. The Labute approximate surface area is 162 Å². The van der Waals surface area contributed by atoms with Gasteiger partial charge in [-0.05, 0) is 30.7 Å². The van der Waals surface area contributed by atoms with E-state index in [1.807, 2.05) is 6.07 Å². The van der Waals surface area contributed by atoms with Crippen LogP contribution >= 0.6 is 15.9 Å². The zero-order valence-electron chi connectivity index (χ0n) is 14.6. The van der Waals surface area contributed by atoms with Gasteiger partial charge in [-0.2, -0.15) is 4.98 Å². The van der Waals surface area contributed by atoms with Gasteiger partial charge in [-0.15, -0.1) is 0 Å². The number of nitrogen functional groups attached to an aromatic ring is 1. The van der Waals surface area contributed by atoms with Crippen LogP contribution in [0, 0.1) is 0 Å². The average molecular weight is 434 g/mol. The first-order valence-electron chi connectivity index (χ1n) is 8.17. The van der Waals surface area contributed by atoms with E-state index in [0.717, 1.165) is 4.47 Å². The molecule has 1 aliphatic carbocycles. The van der Waals surface area contributed by atoms with Crippen molar-refractivity contribution in [2.24, 2.45) is 0 Å². The van der Waals surface area contributed by atoms with Crippen molar-refractivity contribution >= 4 is 33.8 Å². The highest BCUT2D eigenvalue weighted by molar-refractivity contribution is 9.10. The predicted octanol–water partition coefficient (Wildman–Crippen LogP) is 1.88. The van der Waals surface area contributed by atoms with Crippen LogP contribution in [0.5, 0.6) is 0 Å². The van der Waals surface area contributed by atoms with Gasteiger partial charge in [0.2, 0.25) is 5.91 Å². The second-order valence-electron chi connectivity index (χ2n) is 6.25. The smallest absolute Gasteiger partial charge is 0.337 e. The van der Waals surface area contributed by atoms with Gasteiger partial charge in [0.05, 0.1) is 12.2 Å². The zero-order valence-corrected chi connectivity index (χ0v) is 16.2. The molecule has 1 aromatic heterocycles. The van der Waals surface area contributed by atoms with Gasteiger partial charge in [0, 0.05) is 22.8 Å². The minimum Gasteiger partial charge on any atom is -0.460 e. The second-order valence-corrected chi connectivity index (χ2v) is 7.17. The van der Waals surface area contributed by atoms with E-state index in [1.54, 1.807) is 19.1 Å². The average Bonchev–Trinajstić information content (AvgIpc) is 3.19. The number of nitrogens with zero attached hydrogens (tertiary/aromatic N) is 1. The zero-order chi connectivity index (χ0) is 19.3. The number of methoxy groups -OCH3 is 1. The van der Waals surface area contributed by atoms with E-state index < -0.39 is 17.3 Å². The van der Waals surface area contributed by atoms with E-state index in [1.165, 1.54) is 7.11 Å². The molecule has 27 heavy (non-hydrogen) atoms. The number of nitrogens with one attached hydrogen (secondary N) is 1. The molecular weight excluding hydrogens is 418 g/mol. The number of hydrogen-bond acceptors (Lipinski definition) is 7. The van der Waals surface area contributed by atoms with Crippen LogP contribution in [0.4, 0.5) is 6.01 Å². The Morgan fingerprint density at radius 2 is 2.19 bits per heavy atom. The molecule has 2 aliphatic rings. The third kappa shape index (κ3) is 2.35. The Morgan fingerprint density at radius 1 is 1.41 bits per heavy atom. The number of allylic oxidation sites excluding steroid dienone is 1. The Bertz CT molecular complexity index is 1010. The third-order valence-corrected chi connectivity index (χ3v) is 5.24. The quantitative estimate of drug-likeness (QED) is 0.558. The number of hydrogen-bond donors (Lipinski definition) is 2. The van der Waals surface area contributed by atoms with Crippen LogP contribution in [0.25, 0.3) is 11.3 Å². The maximum Gasteiger partial charge on any atom is 0.337 e. The molecule has 0 saturated carbocycles. The second kappa shape index (κ2) is 6.21. The molecule has 0 saturated heterocycles. The number of nitrogens with two attached hydrogens (primary N) is 1. The molecule has 140 valence electrons. The summed E-state index contributed by atoms with van der Waals surface area (Å²) >= 11 is 3.43. The standard InChI is InChI=1S/C18H16BrN3O5/c1-8-12(15(23)26-6-5-25-2)18(16(24)21-8)11-7-9(19)3-4-10(11)13-14(18)22-17(20)27-13/h3-4,7H,5-6H2,1-2H3,(H2,20,22)(H,21,24)/t18-/m1/s1. The Kier molecular flexibility index (Phi) is 4.08. The van der Waals surface area contributed by atoms with Gasteiger partial charge >= 0.3 is 5.97 Å². The van der Waals surface area contributed by atoms with Gasteiger partial charge in [-0.25, -0.2) is 4.79 Å². The fourth-order valence-electron chi connectivity index (χ4n) is 3.73. The largest absolute Gasteiger partial charge is 0.460 e. The van der Waals surface area contributed by atoms with Crippen molar-refractivity contribution < 1.29 is 23.5 Å². The minimum absolute atomic E-state index is 0.0650. The fraction of sp³-hybridized carbons (Fsp3) is 0.278. The van der Waals surface area contributed by atoms with Crippen molar-refractivity contribution in [2.75, 3.05) is 26.1 Å². The van der Waals surface area contributed by atoms with Gasteiger partial charge in [0.25, 0.3) is 6.01 Å². The molecule has 1 amide bonds. The molecule has 2 heterocycles. The van der Waals surface area contributed by atoms with Crippen molar-refractivity contribution in [3.05, 3.63) is 45.2 Å². The molecule has 1 spiro atoms. The van der Waals surface area contributed by atoms with Crippen molar-refractivity contribution in [2.45, 2.75) is 12.3 Å². The lowest BCUT2D eigenvalue weighted by atomic mass is 9.75. The molecule has 4 rings (SSSR count). The maximum absolute atomic E-state index is 13.2. The number of carbonyl (C=O) groups is 2. The lowest BCUT2D eigenvalue weighted by molar-refractivity contribution is -0.141. The summed E-state index contributed by atoms with van der Waals surface area (Å²) in [5.41, 5.74) is 6.41. The van der Waals surface area contributed by atoms with Crippen molar-refractivity contribution in [1.82, 2.24) is 10.3 Å². The van der Waals surface area contributed by atoms with Crippen LogP contribution in [0.2, 0.25) is 0 Å². The first kappa shape index (κ1) is 17.7. The number of benzene rings is 1. The Hall–Kier alpha value is -2.65. The highest BCUT2D eigenvalue weighted by Gasteiger charge is 2.61. The molecule has 1 aromatic carbocycles. The molecule has 8 nitrogen and oxygen atoms in total. The summed E-state index contributed by atoms with van der Waals surface area (Å²) in [6.07, 6.45) is 0. The summed E-state index contributed by atoms with van der Waals surface area (Å²) in [6, 6.07) is 5.33. The maximum atomic E-state index is 13.2. The number of oxazole rings is 1. The van der Waals surface area contributed by atoms with Crippen LogP contribution < -0.4 is 11.1 Å². The first-order chi connectivity index (χ1) is 12.9. The lowest BCUT2D eigenvalue weighted by Crippen LogP contribution is -2.41. The van der Waals surface area contributed by atoms with E-state index >= 15 is 0 Å². The number of aromatic nitrogens is 1. The molecule has 1 atom stereocenters. The lowest BCUT2D eigenvalue weighted by Gasteiger charge is -2.24. The molecular formula is C18H16BrN3O5. The summed E-state index contributed by atoms with van der Waals surface area (Å²) < 4.78 is 16.6. The van der Waals surface area contributed by atoms with E-state index in [4.69, 9.17) is 19.6 Å². The number of halogens is 1. The van der Waals surface area contributed by atoms with E-state index in [0.29, 0.717) is 28.3 Å². The summed E-state index contributed by atoms with van der Waals surface area (Å²) in [4.78, 5) is 30.3. The van der Waals surface area contributed by atoms with Crippen molar-refractivity contribution in [3.8, 4) is 11.3 Å². The van der Waals surface area contributed by atoms with Crippen molar-refractivity contribution in [3.63, 3.8) is 0 Å². The number of fused-ring (bicyclic) bond motifs is 5. The van der Waals surface area contributed by atoms with E-state index in [-0.39, 0.29) is 24.8 Å². The third-order valence-electron chi connectivity index (χ3n) is 4.75. The topological polar surface area (TPSA) is 117 Å². The van der Waals surface area contributed by atoms with Crippen LogP contribution in [-0.2, 0) is 24.5 Å². The Morgan fingerprint density at radius 3 is 2.93 bits per heavy atom. The van der Waals surface area contributed by atoms with Gasteiger partial charge < -0.3 is 24.9 Å². The minimum atomic E-state index is -1.47. The van der Waals surface area contributed by atoms with E-state index in [9.17, 15) is 9.59 Å². The number of rotatable bonds is 4. The molecule has 1 aliphatic heterocycles. The highest BCUT2D eigenvalue weighted by atomic mass is 79.9. The molecule has 9 heteroatoms. The fourth-order valence-corrected chi connectivity index (χ4v) is 4.09. The number of anilines is 1. The van der Waals surface area contributed by atoms with Crippen molar-refractivity contribution in [1.29, 1.82) is 0 Å². The van der Waals surface area contributed by atoms with Gasteiger partial charge in [0.1, 0.15) is 12.3 Å². The molecule has 0 radical (unpaired) electrons. The van der Waals surface area contributed by atoms with Crippen LogP contribution in [0.3, 0.4) is 0 Å². The monoisotopic (exact) mass is 433 g/mol. The van der Waals surface area contributed by atoms with Crippen LogP contribution in [0.15, 0.2) is 38.4 Å². The van der Waals surface area contributed by atoms with E-state index in [2.05, 4.69) is 26.2 Å². The first-order valence-corrected chi connectivity index (χ1v) is 8.96. The van der Waals surface area contributed by atoms with Gasteiger partial charge in [0.15, 0.2) is 11.2 Å². The summed E-state index contributed by atoms with van der Waals surface area (Å²) in [5, 5.41) is 2.75. The molecule has 0 bridgehead atoms. The summed E-state index contributed by atoms with van der Waals surface area (Å²) in [7, 11) is 1.51. The summed E-state index contributed by atoms with van der Waals surface area (Å²) in [5.74, 6) is -0.643. The predicted molar refractivity (Wildman–Crippen MR) is 98.5 cm³/mol. The van der Waals surface area contributed by atoms with Gasteiger partial charge in [-0.1, -0.05) is 15.9 Å². The SMILES string of the molecule is COCCOC(=O)C1=C(C)NC(=O)[C@]12c1cc(Br)ccc1-c1oc(N)nc12. The van der Waals surface area contributed by atoms with Gasteiger partial charge in [-0.3, -0.25) is 4.79 Å². The molecule has 3 N–H and O–H groups in total. The van der Waals surface area contributed by atoms with Crippen LogP contribution in [-0.4, -0.2) is 37.2 Å². The molecule has 2 aromatic rings.